The van der Waals surface area contributed by atoms with Crippen LogP contribution in [0, 0.1) is 5.82 Å². The molecule has 0 amide bonds. The van der Waals surface area contributed by atoms with Crippen LogP contribution in [0.15, 0.2) is 18.2 Å². The van der Waals surface area contributed by atoms with Crippen LogP contribution in [0.1, 0.15) is 37.3 Å². The molecule has 1 heterocycles. The first-order valence-corrected chi connectivity index (χ1v) is 6.53. The van der Waals surface area contributed by atoms with Gasteiger partial charge in [0.1, 0.15) is 0 Å². The monoisotopic (exact) mass is 252 g/mol. The first-order chi connectivity index (χ1) is 8.70. The van der Waals surface area contributed by atoms with Crippen molar-refractivity contribution in [1.29, 1.82) is 0 Å². The number of rotatable bonds is 4. The highest BCUT2D eigenvalue weighted by atomic mass is 19.1. The lowest BCUT2D eigenvalue weighted by atomic mass is 9.94. The molecule has 0 radical (unpaired) electrons. The molecule has 100 valence electrons. The van der Waals surface area contributed by atoms with E-state index in [1.165, 1.54) is 26.0 Å². The average Bonchev–Trinajstić information content (AvgIpc) is 2.39. The third-order valence-electron chi connectivity index (χ3n) is 3.55. The quantitative estimate of drug-likeness (QED) is 0.865. The van der Waals surface area contributed by atoms with Gasteiger partial charge in [-0.05, 0) is 43.5 Å². The largest absolute Gasteiger partial charge is 0.494 e. The number of benzene rings is 1. The van der Waals surface area contributed by atoms with Crippen molar-refractivity contribution in [3.05, 3.63) is 29.6 Å². The summed E-state index contributed by atoms with van der Waals surface area (Å²) in [5.74, 6) is -0.0798. The average molecular weight is 252 g/mol. The molecule has 2 atom stereocenters. The standard InChI is InChI=1S/C14H21FN2O/c1-18-14-6-5-10(8-12(14)15)13(16)9-11-4-2-3-7-17-11/h5-6,8,11,13,17H,2-4,7,9,16H2,1H3. The van der Waals surface area contributed by atoms with Gasteiger partial charge in [-0.3, -0.25) is 0 Å². The maximum atomic E-state index is 13.6. The van der Waals surface area contributed by atoms with Gasteiger partial charge in [-0.2, -0.15) is 0 Å². The van der Waals surface area contributed by atoms with E-state index in [0.29, 0.717) is 6.04 Å². The Bertz CT molecular complexity index is 391. The fraction of sp³-hybridized carbons (Fsp3) is 0.571. The molecule has 1 aliphatic rings. The normalized spacial score (nSPS) is 21.6. The van der Waals surface area contributed by atoms with Gasteiger partial charge in [-0.25, -0.2) is 4.39 Å². The van der Waals surface area contributed by atoms with E-state index in [1.54, 1.807) is 6.07 Å². The van der Waals surface area contributed by atoms with Crippen LogP contribution in [0.5, 0.6) is 5.75 Å². The lowest BCUT2D eigenvalue weighted by Gasteiger charge is -2.26. The molecule has 0 bridgehead atoms. The van der Waals surface area contributed by atoms with E-state index in [9.17, 15) is 4.39 Å². The molecule has 1 aromatic carbocycles. The molecule has 0 aliphatic carbocycles. The minimum absolute atomic E-state index is 0.124. The molecule has 18 heavy (non-hydrogen) atoms. The zero-order valence-electron chi connectivity index (χ0n) is 10.8. The molecule has 2 rings (SSSR count). The lowest BCUT2D eigenvalue weighted by molar-refractivity contribution is 0.360. The minimum Gasteiger partial charge on any atom is -0.494 e. The highest BCUT2D eigenvalue weighted by molar-refractivity contribution is 5.31. The Kier molecular flexibility index (Phi) is 4.55. The number of halogens is 1. The molecule has 3 N–H and O–H groups in total. The number of nitrogens with two attached hydrogens (primary N) is 1. The number of hydrogen-bond donors (Lipinski definition) is 2. The third kappa shape index (κ3) is 3.21. The smallest absolute Gasteiger partial charge is 0.165 e. The van der Waals surface area contributed by atoms with Crippen LogP contribution in [0.3, 0.4) is 0 Å². The van der Waals surface area contributed by atoms with Crippen molar-refractivity contribution < 1.29 is 9.13 Å². The first kappa shape index (κ1) is 13.3. The topological polar surface area (TPSA) is 47.3 Å². The summed E-state index contributed by atoms with van der Waals surface area (Å²) in [6.45, 7) is 1.06. The fourth-order valence-corrected chi connectivity index (χ4v) is 2.48. The molecule has 0 spiro atoms. The number of nitrogens with one attached hydrogen (secondary N) is 1. The van der Waals surface area contributed by atoms with E-state index in [-0.39, 0.29) is 17.6 Å². The molecule has 1 aromatic rings. The summed E-state index contributed by atoms with van der Waals surface area (Å²) in [7, 11) is 1.46. The van der Waals surface area contributed by atoms with Gasteiger partial charge >= 0.3 is 0 Å². The summed E-state index contributed by atoms with van der Waals surface area (Å²) in [5, 5.41) is 3.46. The Morgan fingerprint density at radius 1 is 1.50 bits per heavy atom. The zero-order valence-corrected chi connectivity index (χ0v) is 10.8. The molecule has 4 heteroatoms. The molecule has 0 saturated carbocycles. The lowest BCUT2D eigenvalue weighted by Crippen LogP contribution is -2.36. The van der Waals surface area contributed by atoms with E-state index >= 15 is 0 Å². The molecule has 0 aromatic heterocycles. The maximum Gasteiger partial charge on any atom is 0.165 e. The van der Waals surface area contributed by atoms with Crippen LogP contribution < -0.4 is 15.8 Å². The van der Waals surface area contributed by atoms with Crippen molar-refractivity contribution in [3.63, 3.8) is 0 Å². The highest BCUT2D eigenvalue weighted by Gasteiger charge is 2.18. The van der Waals surface area contributed by atoms with Crippen LogP contribution in [-0.4, -0.2) is 19.7 Å². The summed E-state index contributed by atoms with van der Waals surface area (Å²) in [6.07, 6.45) is 4.50. The molecule has 2 unspecified atom stereocenters. The molecule has 3 nitrogen and oxygen atoms in total. The molecule has 1 fully saturated rings. The van der Waals surface area contributed by atoms with Crippen molar-refractivity contribution in [3.8, 4) is 5.75 Å². The van der Waals surface area contributed by atoms with Gasteiger partial charge in [0.2, 0.25) is 0 Å². The predicted molar refractivity (Wildman–Crippen MR) is 70.1 cm³/mol. The Hall–Kier alpha value is -1.13. The number of hydrogen-bond acceptors (Lipinski definition) is 3. The number of piperidine rings is 1. The Labute approximate surface area is 108 Å². The van der Waals surface area contributed by atoms with Gasteiger partial charge in [0.05, 0.1) is 7.11 Å². The van der Waals surface area contributed by atoms with Crippen LogP contribution in [0.25, 0.3) is 0 Å². The van der Waals surface area contributed by atoms with Gasteiger partial charge in [-0.15, -0.1) is 0 Å². The maximum absolute atomic E-state index is 13.6. The Balaban J connectivity index is 1.99. The predicted octanol–water partition coefficient (Wildman–Crippen LogP) is 2.37. The van der Waals surface area contributed by atoms with Crippen molar-refractivity contribution in [1.82, 2.24) is 5.32 Å². The van der Waals surface area contributed by atoms with Gasteiger partial charge in [0.15, 0.2) is 11.6 Å². The van der Waals surface area contributed by atoms with Crippen LogP contribution in [0.4, 0.5) is 4.39 Å². The van der Waals surface area contributed by atoms with E-state index in [1.807, 2.05) is 6.07 Å². The number of methoxy groups -OCH3 is 1. The molecular weight excluding hydrogens is 231 g/mol. The second kappa shape index (κ2) is 6.16. The number of ether oxygens (including phenoxy) is 1. The molecule has 1 saturated heterocycles. The summed E-state index contributed by atoms with van der Waals surface area (Å²) in [4.78, 5) is 0. The zero-order chi connectivity index (χ0) is 13.0. The third-order valence-corrected chi connectivity index (χ3v) is 3.55. The van der Waals surface area contributed by atoms with E-state index < -0.39 is 0 Å². The SMILES string of the molecule is COc1ccc(C(N)CC2CCCCN2)cc1F. The molecule has 1 aliphatic heterocycles. The summed E-state index contributed by atoms with van der Waals surface area (Å²) >= 11 is 0. The second-order valence-electron chi connectivity index (χ2n) is 4.88. The highest BCUT2D eigenvalue weighted by Crippen LogP contribution is 2.24. The molecular formula is C14H21FN2O. The Morgan fingerprint density at radius 2 is 2.33 bits per heavy atom. The van der Waals surface area contributed by atoms with Crippen molar-refractivity contribution in [2.45, 2.75) is 37.8 Å². The van der Waals surface area contributed by atoms with Crippen LogP contribution >= 0.6 is 0 Å². The first-order valence-electron chi connectivity index (χ1n) is 6.53. The van der Waals surface area contributed by atoms with Gasteiger partial charge in [0, 0.05) is 12.1 Å². The van der Waals surface area contributed by atoms with Gasteiger partial charge in [-0.1, -0.05) is 12.5 Å². The van der Waals surface area contributed by atoms with Crippen molar-refractivity contribution >= 4 is 0 Å². The fourth-order valence-electron chi connectivity index (χ4n) is 2.48. The van der Waals surface area contributed by atoms with E-state index in [2.05, 4.69) is 5.32 Å². The van der Waals surface area contributed by atoms with Crippen molar-refractivity contribution in [2.24, 2.45) is 5.73 Å². The van der Waals surface area contributed by atoms with E-state index in [4.69, 9.17) is 10.5 Å². The van der Waals surface area contributed by atoms with Gasteiger partial charge < -0.3 is 15.8 Å². The second-order valence-corrected chi connectivity index (χ2v) is 4.88. The summed E-state index contributed by atoms with van der Waals surface area (Å²) in [6, 6.07) is 5.29. The minimum atomic E-state index is -0.345. The Morgan fingerprint density at radius 3 is 2.94 bits per heavy atom. The van der Waals surface area contributed by atoms with Crippen LogP contribution in [-0.2, 0) is 0 Å². The van der Waals surface area contributed by atoms with Crippen LogP contribution in [0.2, 0.25) is 0 Å². The van der Waals surface area contributed by atoms with Crippen molar-refractivity contribution in [2.75, 3.05) is 13.7 Å². The summed E-state index contributed by atoms with van der Waals surface area (Å²) in [5.41, 5.74) is 6.97. The van der Waals surface area contributed by atoms with Gasteiger partial charge in [0.25, 0.3) is 0 Å². The summed E-state index contributed by atoms with van der Waals surface area (Å²) < 4.78 is 18.5. The van der Waals surface area contributed by atoms with E-state index in [0.717, 1.165) is 24.9 Å².